The normalized spacial score (nSPS) is 15.5. The molecule has 0 amide bonds. The summed E-state index contributed by atoms with van der Waals surface area (Å²) >= 11 is 0. The highest BCUT2D eigenvalue weighted by Gasteiger charge is 2.12. The van der Waals surface area contributed by atoms with E-state index < -0.39 is 0 Å². The number of nitrogens with zero attached hydrogens (tertiary/aromatic N) is 1. The van der Waals surface area contributed by atoms with Crippen LogP contribution >= 0.6 is 0 Å². The van der Waals surface area contributed by atoms with Crippen LogP contribution in [0, 0.1) is 0 Å². The smallest absolute Gasteiger partial charge is 0.134 e. The molecule has 0 radical (unpaired) electrons. The van der Waals surface area contributed by atoms with Crippen LogP contribution in [0.3, 0.4) is 0 Å². The molecular weight excluding hydrogens is 298 g/mol. The monoisotopic (exact) mass is 323 g/mol. The van der Waals surface area contributed by atoms with Crippen molar-refractivity contribution in [3.63, 3.8) is 0 Å². The second-order valence-electron chi connectivity index (χ2n) is 6.73. The van der Waals surface area contributed by atoms with Crippen molar-refractivity contribution in [2.45, 2.75) is 32.6 Å². The van der Waals surface area contributed by atoms with Gasteiger partial charge in [-0.3, -0.25) is 4.90 Å². The van der Waals surface area contributed by atoms with Gasteiger partial charge >= 0.3 is 0 Å². The van der Waals surface area contributed by atoms with Crippen molar-refractivity contribution in [2.75, 3.05) is 26.2 Å². The highest BCUT2D eigenvalue weighted by Crippen LogP contribution is 2.32. The van der Waals surface area contributed by atoms with E-state index >= 15 is 0 Å². The van der Waals surface area contributed by atoms with Crippen LogP contribution in [0.5, 0.6) is 5.75 Å². The van der Waals surface area contributed by atoms with Gasteiger partial charge in [-0.25, -0.2) is 0 Å². The largest absolute Gasteiger partial charge is 0.492 e. The highest BCUT2D eigenvalue weighted by molar-refractivity contribution is 6.07. The maximum absolute atomic E-state index is 5.98. The zero-order valence-electron chi connectivity index (χ0n) is 14.4. The summed E-state index contributed by atoms with van der Waals surface area (Å²) in [6.07, 6.45) is 6.75. The molecule has 24 heavy (non-hydrogen) atoms. The Hall–Kier alpha value is -2.00. The number of aryl methyl sites for hydroxylation is 1. The minimum Gasteiger partial charge on any atom is -0.492 e. The number of fused-ring (bicyclic) bond motifs is 3. The van der Waals surface area contributed by atoms with E-state index in [1.54, 1.807) is 0 Å². The SMILES string of the molecule is CCCc1coc2ccc3cc(OCCN4CCCC4)ccc3c12. The van der Waals surface area contributed by atoms with Crippen LogP contribution in [0.1, 0.15) is 31.7 Å². The lowest BCUT2D eigenvalue weighted by Crippen LogP contribution is -2.25. The molecule has 1 aromatic heterocycles. The Morgan fingerprint density at radius 2 is 2.00 bits per heavy atom. The van der Waals surface area contributed by atoms with Crippen LogP contribution in [0.25, 0.3) is 21.7 Å². The Morgan fingerprint density at radius 1 is 1.12 bits per heavy atom. The average Bonchev–Trinajstić information content (AvgIpc) is 3.25. The molecule has 0 unspecified atom stereocenters. The summed E-state index contributed by atoms with van der Waals surface area (Å²) in [5.74, 6) is 0.960. The zero-order chi connectivity index (χ0) is 16.4. The molecule has 0 atom stereocenters. The summed E-state index contributed by atoms with van der Waals surface area (Å²) in [5.41, 5.74) is 2.29. The molecule has 1 aliphatic rings. The number of likely N-dealkylation sites (tertiary alicyclic amines) is 1. The summed E-state index contributed by atoms with van der Waals surface area (Å²) in [4.78, 5) is 2.48. The zero-order valence-corrected chi connectivity index (χ0v) is 14.4. The fourth-order valence-corrected chi connectivity index (χ4v) is 3.75. The first-order chi connectivity index (χ1) is 11.8. The molecular formula is C21H25NO2. The molecule has 2 aromatic carbocycles. The van der Waals surface area contributed by atoms with Gasteiger partial charge in [-0.2, -0.15) is 0 Å². The molecule has 2 heterocycles. The van der Waals surface area contributed by atoms with Gasteiger partial charge in [-0.05, 0) is 73.0 Å². The van der Waals surface area contributed by atoms with E-state index in [-0.39, 0.29) is 0 Å². The molecule has 126 valence electrons. The summed E-state index contributed by atoms with van der Waals surface area (Å²) < 4.78 is 11.7. The number of hydrogen-bond acceptors (Lipinski definition) is 3. The Kier molecular flexibility index (Phi) is 4.44. The van der Waals surface area contributed by atoms with Crippen molar-refractivity contribution in [1.29, 1.82) is 0 Å². The van der Waals surface area contributed by atoms with Crippen molar-refractivity contribution in [1.82, 2.24) is 4.90 Å². The molecule has 4 rings (SSSR count). The second kappa shape index (κ2) is 6.86. The van der Waals surface area contributed by atoms with Crippen LogP contribution in [0.4, 0.5) is 0 Å². The lowest BCUT2D eigenvalue weighted by molar-refractivity contribution is 0.238. The van der Waals surface area contributed by atoms with Gasteiger partial charge in [0.2, 0.25) is 0 Å². The lowest BCUT2D eigenvalue weighted by Gasteiger charge is -2.15. The van der Waals surface area contributed by atoms with Crippen LogP contribution in [-0.2, 0) is 6.42 Å². The first-order valence-corrected chi connectivity index (χ1v) is 9.13. The van der Waals surface area contributed by atoms with Crippen LogP contribution < -0.4 is 4.74 Å². The number of benzene rings is 2. The topological polar surface area (TPSA) is 25.6 Å². The van der Waals surface area contributed by atoms with Gasteiger partial charge < -0.3 is 9.15 Å². The third-order valence-electron chi connectivity index (χ3n) is 5.00. The Labute approximate surface area is 143 Å². The maximum Gasteiger partial charge on any atom is 0.134 e. The molecule has 0 bridgehead atoms. The summed E-state index contributed by atoms with van der Waals surface area (Å²) in [5, 5.41) is 3.74. The summed E-state index contributed by atoms with van der Waals surface area (Å²) in [6.45, 7) is 6.44. The minimum absolute atomic E-state index is 0.764. The lowest BCUT2D eigenvalue weighted by atomic mass is 10.0. The van der Waals surface area contributed by atoms with Gasteiger partial charge in [0.25, 0.3) is 0 Å². The molecule has 1 fully saturated rings. The predicted octanol–water partition coefficient (Wildman–Crippen LogP) is 5.01. The minimum atomic E-state index is 0.764. The van der Waals surface area contributed by atoms with E-state index in [1.807, 2.05) is 6.26 Å². The third-order valence-corrected chi connectivity index (χ3v) is 5.00. The first kappa shape index (κ1) is 15.5. The number of rotatable bonds is 6. The quantitative estimate of drug-likeness (QED) is 0.637. The standard InChI is InChI=1S/C21H25NO2/c1-2-5-17-15-24-20-9-6-16-14-18(7-8-19(16)21(17)20)23-13-12-22-10-3-4-11-22/h6-9,14-15H,2-5,10-13H2,1H3. The predicted molar refractivity (Wildman–Crippen MR) is 98.9 cm³/mol. The molecule has 0 N–H and O–H groups in total. The Morgan fingerprint density at radius 3 is 2.83 bits per heavy atom. The number of furan rings is 1. The van der Waals surface area contributed by atoms with Crippen molar-refractivity contribution in [2.24, 2.45) is 0 Å². The van der Waals surface area contributed by atoms with Crippen LogP contribution in [0.2, 0.25) is 0 Å². The Balaban J connectivity index is 1.56. The molecule has 3 nitrogen and oxygen atoms in total. The van der Waals surface area contributed by atoms with Gasteiger partial charge in [0, 0.05) is 11.9 Å². The van der Waals surface area contributed by atoms with Crippen molar-refractivity contribution < 1.29 is 9.15 Å². The third kappa shape index (κ3) is 3.01. The Bertz CT molecular complexity index is 830. The van der Waals surface area contributed by atoms with E-state index in [9.17, 15) is 0 Å². The number of hydrogen-bond donors (Lipinski definition) is 0. The van der Waals surface area contributed by atoms with Crippen molar-refractivity contribution >= 4 is 21.7 Å². The van der Waals surface area contributed by atoms with E-state index in [0.29, 0.717) is 0 Å². The van der Waals surface area contributed by atoms with E-state index in [4.69, 9.17) is 9.15 Å². The van der Waals surface area contributed by atoms with Crippen LogP contribution in [0.15, 0.2) is 41.0 Å². The molecule has 1 saturated heterocycles. The molecule has 0 spiro atoms. The van der Waals surface area contributed by atoms with Gasteiger partial charge in [0.05, 0.1) is 6.26 Å². The summed E-state index contributed by atoms with van der Waals surface area (Å²) in [6, 6.07) is 10.6. The van der Waals surface area contributed by atoms with Crippen molar-refractivity contribution in [3.8, 4) is 5.75 Å². The summed E-state index contributed by atoms with van der Waals surface area (Å²) in [7, 11) is 0. The van der Waals surface area contributed by atoms with E-state index in [1.165, 1.54) is 47.7 Å². The first-order valence-electron chi connectivity index (χ1n) is 9.13. The maximum atomic E-state index is 5.98. The fourth-order valence-electron chi connectivity index (χ4n) is 3.75. The van der Waals surface area contributed by atoms with Gasteiger partial charge in [0.1, 0.15) is 17.9 Å². The van der Waals surface area contributed by atoms with Gasteiger partial charge in [0.15, 0.2) is 0 Å². The van der Waals surface area contributed by atoms with E-state index in [2.05, 4.69) is 42.2 Å². The van der Waals surface area contributed by atoms with Gasteiger partial charge in [-0.1, -0.05) is 19.4 Å². The molecule has 3 heteroatoms. The molecule has 0 saturated carbocycles. The van der Waals surface area contributed by atoms with Crippen LogP contribution in [-0.4, -0.2) is 31.1 Å². The molecule has 1 aliphatic heterocycles. The highest BCUT2D eigenvalue weighted by atomic mass is 16.5. The average molecular weight is 323 g/mol. The molecule has 3 aromatic rings. The number of ether oxygens (including phenoxy) is 1. The van der Waals surface area contributed by atoms with E-state index in [0.717, 1.165) is 37.3 Å². The molecule has 0 aliphatic carbocycles. The van der Waals surface area contributed by atoms with Gasteiger partial charge in [-0.15, -0.1) is 0 Å². The second-order valence-corrected chi connectivity index (χ2v) is 6.73. The fraction of sp³-hybridized carbons (Fsp3) is 0.429. The van der Waals surface area contributed by atoms with Crippen molar-refractivity contribution in [3.05, 3.63) is 42.2 Å².